The maximum atomic E-state index is 4.51. The summed E-state index contributed by atoms with van der Waals surface area (Å²) in [5.41, 5.74) is 0.929. The number of hydrogen-bond acceptors (Lipinski definition) is 5. The minimum absolute atomic E-state index is 0.620. The van der Waals surface area contributed by atoms with E-state index in [-0.39, 0.29) is 0 Å². The predicted octanol–water partition coefficient (Wildman–Crippen LogP) is 3.31. The van der Waals surface area contributed by atoms with E-state index in [4.69, 9.17) is 0 Å². The van der Waals surface area contributed by atoms with Gasteiger partial charge < -0.3 is 9.88 Å². The van der Waals surface area contributed by atoms with Crippen LogP contribution < -0.4 is 4.90 Å². The molecule has 23 heavy (non-hydrogen) atoms. The van der Waals surface area contributed by atoms with Crippen molar-refractivity contribution in [3.05, 3.63) is 18.6 Å². The number of aromatic nitrogens is 3. The van der Waals surface area contributed by atoms with E-state index in [9.17, 15) is 0 Å². The zero-order chi connectivity index (χ0) is 15.6. The monoisotopic (exact) mass is 331 g/mol. The van der Waals surface area contributed by atoms with Crippen molar-refractivity contribution in [1.82, 2.24) is 19.3 Å². The lowest BCUT2D eigenvalue weighted by Crippen LogP contribution is -2.44. The molecule has 6 heteroatoms. The van der Waals surface area contributed by atoms with Crippen LogP contribution in [0.25, 0.3) is 11.0 Å². The van der Waals surface area contributed by atoms with Crippen molar-refractivity contribution in [2.75, 3.05) is 30.8 Å². The Kier molecular flexibility index (Phi) is 4.44. The highest BCUT2D eigenvalue weighted by molar-refractivity contribution is 7.97. The molecule has 0 bridgehead atoms. The van der Waals surface area contributed by atoms with Gasteiger partial charge in [0, 0.05) is 38.1 Å². The van der Waals surface area contributed by atoms with Crippen LogP contribution in [0.15, 0.2) is 18.6 Å². The zero-order valence-electron chi connectivity index (χ0n) is 13.7. The highest BCUT2D eigenvalue weighted by Crippen LogP contribution is 2.37. The molecule has 2 aromatic heterocycles. The average Bonchev–Trinajstić information content (AvgIpc) is 3.02. The number of piperidine rings is 1. The summed E-state index contributed by atoms with van der Waals surface area (Å²) in [6, 6.07) is 2.69. The Labute approximate surface area is 142 Å². The van der Waals surface area contributed by atoms with Gasteiger partial charge in [-0.1, -0.05) is 18.4 Å². The van der Waals surface area contributed by atoms with Crippen LogP contribution in [-0.2, 0) is 0 Å². The third-order valence-electron chi connectivity index (χ3n) is 5.23. The minimum Gasteiger partial charge on any atom is -0.356 e. The van der Waals surface area contributed by atoms with Gasteiger partial charge in [-0.05, 0) is 37.7 Å². The summed E-state index contributed by atoms with van der Waals surface area (Å²) in [5, 5.41) is 1.13. The first-order valence-electron chi connectivity index (χ1n) is 8.70. The number of rotatable bonds is 5. The van der Waals surface area contributed by atoms with Gasteiger partial charge in [-0.15, -0.1) is 0 Å². The molecule has 1 saturated heterocycles. The molecule has 1 aliphatic heterocycles. The van der Waals surface area contributed by atoms with Crippen LogP contribution in [0.2, 0.25) is 0 Å². The summed E-state index contributed by atoms with van der Waals surface area (Å²) < 4.78 is 2.58. The summed E-state index contributed by atoms with van der Waals surface area (Å²) in [5.74, 6) is 3.20. The predicted molar refractivity (Wildman–Crippen MR) is 96.7 cm³/mol. The quantitative estimate of drug-likeness (QED) is 0.852. The van der Waals surface area contributed by atoms with E-state index in [0.717, 1.165) is 22.8 Å². The van der Waals surface area contributed by atoms with Crippen molar-refractivity contribution in [1.29, 1.82) is 0 Å². The van der Waals surface area contributed by atoms with E-state index in [1.165, 1.54) is 50.9 Å². The zero-order valence-corrected chi connectivity index (χ0v) is 14.6. The summed E-state index contributed by atoms with van der Waals surface area (Å²) in [6.45, 7) is 2.57. The first-order valence-corrected chi connectivity index (χ1v) is 9.64. The number of H-pyrrole nitrogens is 1. The second-order valence-corrected chi connectivity index (χ2v) is 7.93. The van der Waals surface area contributed by atoms with Crippen LogP contribution in [0.3, 0.4) is 0 Å². The van der Waals surface area contributed by atoms with Gasteiger partial charge in [0.05, 0.1) is 5.39 Å². The first kappa shape index (κ1) is 15.3. The summed E-state index contributed by atoms with van der Waals surface area (Å²) in [4.78, 5) is 14.3. The van der Waals surface area contributed by atoms with Crippen LogP contribution in [0, 0.1) is 5.92 Å². The molecule has 124 valence electrons. The van der Waals surface area contributed by atoms with Gasteiger partial charge in [0.1, 0.15) is 17.8 Å². The summed E-state index contributed by atoms with van der Waals surface area (Å²) in [6.07, 6.45) is 10.3. The van der Waals surface area contributed by atoms with Crippen molar-refractivity contribution in [3.63, 3.8) is 0 Å². The highest BCUT2D eigenvalue weighted by atomic mass is 32.2. The summed E-state index contributed by atoms with van der Waals surface area (Å²) in [7, 11) is 2.17. The second kappa shape index (κ2) is 6.69. The fourth-order valence-corrected chi connectivity index (χ4v) is 4.88. The number of hydrogen-bond donors (Lipinski definition) is 1. The lowest BCUT2D eigenvalue weighted by molar-refractivity contribution is 0.282. The van der Waals surface area contributed by atoms with E-state index in [2.05, 4.69) is 49.2 Å². The molecule has 2 aliphatic rings. The van der Waals surface area contributed by atoms with E-state index in [1.807, 2.05) is 6.20 Å². The average molecular weight is 331 g/mol. The van der Waals surface area contributed by atoms with Gasteiger partial charge in [0.15, 0.2) is 0 Å². The highest BCUT2D eigenvalue weighted by Gasteiger charge is 2.33. The van der Waals surface area contributed by atoms with Crippen LogP contribution in [0.4, 0.5) is 5.82 Å². The second-order valence-electron chi connectivity index (χ2n) is 6.82. The molecule has 3 heterocycles. The third kappa shape index (κ3) is 3.19. The van der Waals surface area contributed by atoms with Crippen molar-refractivity contribution in [2.24, 2.45) is 5.92 Å². The van der Waals surface area contributed by atoms with Crippen molar-refractivity contribution >= 4 is 28.8 Å². The van der Waals surface area contributed by atoms with Gasteiger partial charge in [-0.25, -0.2) is 9.97 Å². The SMILES string of the molecule is CN(c1ncnc2[nH]ccc12)C1CC(CSN2CCCCC2)C1. The Balaban J connectivity index is 1.30. The van der Waals surface area contributed by atoms with Gasteiger partial charge in [-0.2, -0.15) is 0 Å². The molecule has 0 unspecified atom stereocenters. The largest absolute Gasteiger partial charge is 0.356 e. The Morgan fingerprint density at radius 2 is 2.09 bits per heavy atom. The lowest BCUT2D eigenvalue weighted by atomic mass is 9.81. The number of anilines is 1. The van der Waals surface area contributed by atoms with E-state index < -0.39 is 0 Å². The molecule has 0 atom stereocenters. The van der Waals surface area contributed by atoms with Gasteiger partial charge in [-0.3, -0.25) is 4.31 Å². The molecule has 0 radical (unpaired) electrons. The Bertz CT molecular complexity index is 645. The van der Waals surface area contributed by atoms with Crippen LogP contribution in [-0.4, -0.2) is 51.2 Å². The van der Waals surface area contributed by atoms with Crippen LogP contribution in [0.1, 0.15) is 32.1 Å². The molecule has 0 aromatic carbocycles. The molecule has 2 fully saturated rings. The van der Waals surface area contributed by atoms with Gasteiger partial charge in [0.25, 0.3) is 0 Å². The van der Waals surface area contributed by atoms with E-state index in [1.54, 1.807) is 6.33 Å². The fraction of sp³-hybridized carbons (Fsp3) is 0.647. The van der Waals surface area contributed by atoms with Crippen molar-refractivity contribution in [2.45, 2.75) is 38.1 Å². The number of nitrogens with zero attached hydrogens (tertiary/aromatic N) is 4. The Morgan fingerprint density at radius 3 is 2.91 bits per heavy atom. The maximum absolute atomic E-state index is 4.51. The topological polar surface area (TPSA) is 48.1 Å². The smallest absolute Gasteiger partial charge is 0.142 e. The summed E-state index contributed by atoms with van der Waals surface area (Å²) >= 11 is 2.08. The molecule has 5 nitrogen and oxygen atoms in total. The molecule has 1 N–H and O–H groups in total. The molecule has 0 amide bonds. The standard InChI is InChI=1S/C17H25N5S/c1-21(17-15-5-6-18-16(15)19-12-20-17)14-9-13(10-14)11-23-22-7-3-2-4-8-22/h5-6,12-14H,2-4,7-11H2,1H3,(H,18,19,20). The molecular formula is C17H25N5S. The van der Waals surface area contributed by atoms with Gasteiger partial charge >= 0.3 is 0 Å². The number of nitrogens with one attached hydrogen (secondary N) is 1. The maximum Gasteiger partial charge on any atom is 0.142 e. The Morgan fingerprint density at radius 1 is 1.26 bits per heavy atom. The van der Waals surface area contributed by atoms with Crippen LogP contribution >= 0.6 is 11.9 Å². The number of fused-ring (bicyclic) bond motifs is 1. The van der Waals surface area contributed by atoms with Crippen molar-refractivity contribution in [3.8, 4) is 0 Å². The van der Waals surface area contributed by atoms with Gasteiger partial charge in [0.2, 0.25) is 0 Å². The first-order chi connectivity index (χ1) is 11.3. The lowest BCUT2D eigenvalue weighted by Gasteiger charge is -2.42. The fourth-order valence-electron chi connectivity index (χ4n) is 3.67. The van der Waals surface area contributed by atoms with Crippen molar-refractivity contribution < 1.29 is 0 Å². The molecule has 0 spiro atoms. The molecule has 1 aliphatic carbocycles. The van der Waals surface area contributed by atoms with E-state index in [0.29, 0.717) is 6.04 Å². The molecular weight excluding hydrogens is 306 g/mol. The molecule has 1 saturated carbocycles. The molecule has 4 rings (SSSR count). The van der Waals surface area contributed by atoms with E-state index >= 15 is 0 Å². The minimum atomic E-state index is 0.620. The Hall–Kier alpha value is -1.27. The van der Waals surface area contributed by atoms with Crippen LogP contribution in [0.5, 0.6) is 0 Å². The molecule has 2 aromatic rings. The third-order valence-corrected chi connectivity index (χ3v) is 6.58. The number of aromatic amines is 1. The normalized spacial score (nSPS) is 25.4.